The van der Waals surface area contributed by atoms with E-state index in [1.165, 1.54) is 11.1 Å². The molecule has 0 amide bonds. The van der Waals surface area contributed by atoms with Crippen LogP contribution in [-0.2, 0) is 11.3 Å². The number of aryl methyl sites for hydroxylation is 1. The summed E-state index contributed by atoms with van der Waals surface area (Å²) in [4.78, 5) is 17.8. The van der Waals surface area contributed by atoms with Crippen LogP contribution in [0.5, 0.6) is 0 Å². The summed E-state index contributed by atoms with van der Waals surface area (Å²) in [5.41, 5.74) is 2.46. The number of nitrogens with zero attached hydrogens (tertiary/aromatic N) is 2. The number of aliphatic carboxylic acids is 1. The third-order valence-electron chi connectivity index (χ3n) is 4.50. The molecule has 0 aromatic carbocycles. The predicted octanol–water partition coefficient (Wildman–Crippen LogP) is 1.83. The molecule has 1 aromatic rings. The van der Waals surface area contributed by atoms with Crippen molar-refractivity contribution in [3.05, 3.63) is 29.6 Å². The fraction of sp³-hybridized carbons (Fsp3) is 0.571. The highest BCUT2D eigenvalue weighted by Crippen LogP contribution is 2.42. The van der Waals surface area contributed by atoms with Crippen LogP contribution in [0.25, 0.3) is 0 Å². The molecule has 96 valence electrons. The molecule has 4 heteroatoms. The van der Waals surface area contributed by atoms with Crippen molar-refractivity contribution in [1.29, 1.82) is 0 Å². The number of carboxylic acids is 1. The van der Waals surface area contributed by atoms with Crippen molar-refractivity contribution in [2.45, 2.75) is 44.8 Å². The number of hydrogen-bond acceptors (Lipinski definition) is 3. The van der Waals surface area contributed by atoms with Gasteiger partial charge in [0.25, 0.3) is 0 Å². The van der Waals surface area contributed by atoms with Gasteiger partial charge in [0.1, 0.15) is 0 Å². The van der Waals surface area contributed by atoms with E-state index in [1.807, 2.05) is 12.3 Å². The zero-order valence-electron chi connectivity index (χ0n) is 10.5. The van der Waals surface area contributed by atoms with E-state index in [4.69, 9.17) is 0 Å². The lowest BCUT2D eigenvalue weighted by Gasteiger charge is -2.23. The van der Waals surface area contributed by atoms with Gasteiger partial charge in [0.05, 0.1) is 5.92 Å². The topological polar surface area (TPSA) is 53.4 Å². The van der Waals surface area contributed by atoms with E-state index in [2.05, 4.69) is 16.8 Å². The number of aromatic nitrogens is 1. The van der Waals surface area contributed by atoms with E-state index in [-0.39, 0.29) is 12.0 Å². The van der Waals surface area contributed by atoms with Crippen molar-refractivity contribution in [2.75, 3.05) is 0 Å². The largest absolute Gasteiger partial charge is 0.481 e. The molecule has 3 rings (SSSR count). The van der Waals surface area contributed by atoms with Gasteiger partial charge in [-0.05, 0) is 43.4 Å². The Morgan fingerprint density at radius 3 is 3.06 bits per heavy atom. The lowest BCUT2D eigenvalue weighted by atomic mass is 9.89. The first kappa shape index (κ1) is 11.7. The van der Waals surface area contributed by atoms with Gasteiger partial charge in [0, 0.05) is 31.0 Å². The zero-order chi connectivity index (χ0) is 12.7. The molecular formula is C14H18N2O2. The number of hydrogen-bond donors (Lipinski definition) is 1. The summed E-state index contributed by atoms with van der Waals surface area (Å²) >= 11 is 0. The van der Waals surface area contributed by atoms with E-state index in [1.54, 1.807) is 6.20 Å². The molecule has 2 aliphatic rings. The molecule has 2 bridgehead atoms. The lowest BCUT2D eigenvalue weighted by molar-refractivity contribution is -0.142. The van der Waals surface area contributed by atoms with E-state index >= 15 is 0 Å². The molecule has 1 N–H and O–H groups in total. The van der Waals surface area contributed by atoms with Crippen LogP contribution >= 0.6 is 0 Å². The Kier molecular flexibility index (Phi) is 2.82. The van der Waals surface area contributed by atoms with Crippen LogP contribution in [0, 0.1) is 12.8 Å². The van der Waals surface area contributed by atoms with Gasteiger partial charge in [0.2, 0.25) is 0 Å². The summed E-state index contributed by atoms with van der Waals surface area (Å²) in [6.07, 6.45) is 6.70. The molecule has 18 heavy (non-hydrogen) atoms. The molecule has 1 aromatic heterocycles. The van der Waals surface area contributed by atoms with Crippen molar-refractivity contribution in [1.82, 2.24) is 9.88 Å². The molecular weight excluding hydrogens is 228 g/mol. The highest BCUT2D eigenvalue weighted by atomic mass is 16.4. The molecule has 3 heterocycles. The minimum absolute atomic E-state index is 0.166. The second-order valence-corrected chi connectivity index (χ2v) is 5.45. The van der Waals surface area contributed by atoms with Gasteiger partial charge in [-0.2, -0.15) is 0 Å². The molecule has 4 nitrogen and oxygen atoms in total. The van der Waals surface area contributed by atoms with Crippen molar-refractivity contribution >= 4 is 5.97 Å². The Bertz CT molecular complexity index is 475. The summed E-state index contributed by atoms with van der Waals surface area (Å²) < 4.78 is 0. The summed E-state index contributed by atoms with van der Waals surface area (Å²) in [6.45, 7) is 2.93. The Balaban J connectivity index is 1.79. The SMILES string of the molecule is Cc1ccncc1CN1C2CCC1C(C(=O)O)C2. The first-order chi connectivity index (χ1) is 8.66. The monoisotopic (exact) mass is 246 g/mol. The lowest BCUT2D eigenvalue weighted by Crippen LogP contribution is -2.32. The first-order valence-electron chi connectivity index (χ1n) is 6.55. The number of carboxylic acid groups (broad SMARTS) is 1. The fourth-order valence-electron chi connectivity index (χ4n) is 3.47. The summed E-state index contributed by atoms with van der Waals surface area (Å²) in [5.74, 6) is -0.796. The number of carbonyl (C=O) groups is 1. The smallest absolute Gasteiger partial charge is 0.308 e. The van der Waals surface area contributed by atoms with Crippen LogP contribution in [0.15, 0.2) is 18.5 Å². The Labute approximate surface area is 107 Å². The number of rotatable bonds is 3. The fourth-order valence-corrected chi connectivity index (χ4v) is 3.47. The highest BCUT2D eigenvalue weighted by molar-refractivity contribution is 5.71. The molecule has 3 unspecified atom stereocenters. The van der Waals surface area contributed by atoms with Crippen molar-refractivity contribution in [2.24, 2.45) is 5.92 Å². The van der Waals surface area contributed by atoms with Gasteiger partial charge in [-0.1, -0.05) is 0 Å². The highest BCUT2D eigenvalue weighted by Gasteiger charge is 2.48. The maximum absolute atomic E-state index is 11.2. The summed E-state index contributed by atoms with van der Waals surface area (Å²) in [6, 6.07) is 2.70. The quantitative estimate of drug-likeness (QED) is 0.884. The third kappa shape index (κ3) is 1.81. The van der Waals surface area contributed by atoms with Crippen LogP contribution in [0.2, 0.25) is 0 Å². The number of fused-ring (bicyclic) bond motifs is 2. The van der Waals surface area contributed by atoms with E-state index in [9.17, 15) is 9.90 Å². The zero-order valence-corrected chi connectivity index (χ0v) is 10.5. The standard InChI is InChI=1S/C14H18N2O2/c1-9-4-5-15-7-10(9)8-16-11-2-3-13(16)12(6-11)14(17)18/h4-5,7,11-13H,2-3,6,8H2,1H3,(H,17,18). The predicted molar refractivity (Wildman–Crippen MR) is 67.1 cm³/mol. The van der Waals surface area contributed by atoms with Gasteiger partial charge in [-0.25, -0.2) is 0 Å². The summed E-state index contributed by atoms with van der Waals surface area (Å²) in [7, 11) is 0. The van der Waals surface area contributed by atoms with Crippen LogP contribution < -0.4 is 0 Å². The van der Waals surface area contributed by atoms with Crippen LogP contribution in [0.3, 0.4) is 0 Å². The van der Waals surface area contributed by atoms with Crippen molar-refractivity contribution < 1.29 is 9.90 Å². The van der Waals surface area contributed by atoms with Crippen LogP contribution in [-0.4, -0.2) is 33.0 Å². The maximum atomic E-state index is 11.2. The van der Waals surface area contributed by atoms with E-state index in [0.29, 0.717) is 6.04 Å². The minimum Gasteiger partial charge on any atom is -0.481 e. The molecule has 3 atom stereocenters. The second kappa shape index (κ2) is 4.35. The van der Waals surface area contributed by atoms with E-state index in [0.717, 1.165) is 25.8 Å². The van der Waals surface area contributed by atoms with Gasteiger partial charge in [-0.15, -0.1) is 0 Å². The van der Waals surface area contributed by atoms with Crippen LogP contribution in [0.1, 0.15) is 30.4 Å². The maximum Gasteiger partial charge on any atom is 0.308 e. The molecule has 2 saturated heterocycles. The molecule has 0 spiro atoms. The van der Waals surface area contributed by atoms with Gasteiger partial charge in [-0.3, -0.25) is 14.7 Å². The molecule has 0 aliphatic carbocycles. The minimum atomic E-state index is -0.630. The number of pyridine rings is 1. The van der Waals surface area contributed by atoms with Gasteiger partial charge >= 0.3 is 5.97 Å². The Hall–Kier alpha value is -1.42. The van der Waals surface area contributed by atoms with Crippen LogP contribution in [0.4, 0.5) is 0 Å². The average Bonchev–Trinajstić information content (AvgIpc) is 2.89. The molecule has 2 aliphatic heterocycles. The van der Waals surface area contributed by atoms with Gasteiger partial charge in [0.15, 0.2) is 0 Å². The first-order valence-corrected chi connectivity index (χ1v) is 6.55. The Morgan fingerprint density at radius 1 is 1.56 bits per heavy atom. The second-order valence-electron chi connectivity index (χ2n) is 5.45. The van der Waals surface area contributed by atoms with Crippen molar-refractivity contribution in [3.63, 3.8) is 0 Å². The van der Waals surface area contributed by atoms with E-state index < -0.39 is 5.97 Å². The normalized spacial score (nSPS) is 30.8. The Morgan fingerprint density at radius 2 is 2.39 bits per heavy atom. The molecule has 0 radical (unpaired) electrons. The molecule has 2 fully saturated rings. The molecule has 0 saturated carbocycles. The van der Waals surface area contributed by atoms with Crippen molar-refractivity contribution in [3.8, 4) is 0 Å². The van der Waals surface area contributed by atoms with Gasteiger partial charge < -0.3 is 5.11 Å². The third-order valence-corrected chi connectivity index (χ3v) is 4.50. The average molecular weight is 246 g/mol. The summed E-state index contributed by atoms with van der Waals surface area (Å²) in [5, 5.41) is 9.23.